The number of hydrogen-bond acceptors (Lipinski definition) is 9. The number of fused-ring (bicyclic) bond motifs is 2. The SMILES string of the molecule is CO[C@@H]1CN(C2CC(F)(F)C2)CC[C@@H]1n1ncc2c(-c3ccc4c(c3)OCC(=O)N4Cc3ncc(Cl)cn3)c(C#N)c(CC(C)C)nc21. The van der Waals surface area contributed by atoms with Gasteiger partial charge in [0, 0.05) is 62.4 Å². The van der Waals surface area contributed by atoms with Gasteiger partial charge in [-0.3, -0.25) is 14.6 Å². The van der Waals surface area contributed by atoms with Crippen LogP contribution in [0.4, 0.5) is 14.5 Å². The molecule has 1 aliphatic carbocycles. The average Bonchev–Trinajstić information content (AvgIpc) is 3.47. The van der Waals surface area contributed by atoms with Crippen LogP contribution < -0.4 is 9.64 Å². The molecule has 250 valence electrons. The quantitative estimate of drug-likeness (QED) is 0.235. The van der Waals surface area contributed by atoms with Crippen molar-refractivity contribution in [2.75, 3.05) is 31.7 Å². The van der Waals surface area contributed by atoms with E-state index in [0.717, 1.165) is 5.56 Å². The highest BCUT2D eigenvalue weighted by Gasteiger charge is 2.49. The van der Waals surface area contributed by atoms with Crippen molar-refractivity contribution in [3.05, 3.63) is 58.9 Å². The van der Waals surface area contributed by atoms with Gasteiger partial charge in [0.15, 0.2) is 12.3 Å². The lowest BCUT2D eigenvalue weighted by molar-refractivity contribution is -0.139. The number of alkyl halides is 2. The van der Waals surface area contributed by atoms with Gasteiger partial charge in [0.2, 0.25) is 0 Å². The lowest BCUT2D eigenvalue weighted by atomic mass is 9.85. The third-order valence-corrected chi connectivity index (χ3v) is 9.65. The molecule has 0 unspecified atom stereocenters. The van der Waals surface area contributed by atoms with E-state index in [4.69, 9.17) is 31.2 Å². The Morgan fingerprint density at radius 1 is 1.21 bits per heavy atom. The molecule has 1 amide bonds. The Labute approximate surface area is 281 Å². The Bertz CT molecular complexity index is 1900. The zero-order chi connectivity index (χ0) is 33.7. The van der Waals surface area contributed by atoms with Crippen LogP contribution in [-0.2, 0) is 22.5 Å². The van der Waals surface area contributed by atoms with E-state index < -0.39 is 5.92 Å². The highest BCUT2D eigenvalue weighted by atomic mass is 35.5. The van der Waals surface area contributed by atoms with Crippen LogP contribution >= 0.6 is 11.6 Å². The second-order valence-electron chi connectivity index (χ2n) is 13.2. The van der Waals surface area contributed by atoms with Crippen molar-refractivity contribution in [3.8, 4) is 22.9 Å². The highest BCUT2D eigenvalue weighted by Crippen LogP contribution is 2.44. The van der Waals surface area contributed by atoms with Crippen LogP contribution in [0.2, 0.25) is 5.02 Å². The van der Waals surface area contributed by atoms with E-state index in [1.807, 2.05) is 16.8 Å². The van der Waals surface area contributed by atoms with Crippen molar-refractivity contribution in [1.82, 2.24) is 29.6 Å². The number of carbonyl (C=O) groups is 1. The second kappa shape index (κ2) is 12.7. The van der Waals surface area contributed by atoms with Crippen LogP contribution in [-0.4, -0.2) is 80.4 Å². The number of benzene rings is 1. The minimum absolute atomic E-state index is 0.121. The zero-order valence-electron chi connectivity index (χ0n) is 26.9. The first-order valence-corrected chi connectivity index (χ1v) is 16.4. The predicted molar refractivity (Wildman–Crippen MR) is 174 cm³/mol. The summed E-state index contributed by atoms with van der Waals surface area (Å²) in [5, 5.41) is 16.4. The molecule has 3 aromatic heterocycles. The number of halogens is 3. The van der Waals surface area contributed by atoms with Crippen molar-refractivity contribution >= 4 is 34.2 Å². The summed E-state index contributed by atoms with van der Waals surface area (Å²) >= 11 is 5.95. The maximum Gasteiger partial charge on any atom is 0.265 e. The van der Waals surface area contributed by atoms with E-state index >= 15 is 0 Å². The molecule has 1 saturated carbocycles. The number of anilines is 1. The van der Waals surface area contributed by atoms with E-state index in [9.17, 15) is 18.8 Å². The number of rotatable bonds is 8. The van der Waals surface area contributed by atoms with Gasteiger partial charge in [-0.05, 0) is 36.5 Å². The number of piperidine rings is 1. The number of nitrogens with zero attached hydrogens (tertiary/aromatic N) is 8. The first kappa shape index (κ1) is 32.3. The third-order valence-electron chi connectivity index (χ3n) is 9.45. The molecule has 11 nitrogen and oxygen atoms in total. The van der Waals surface area contributed by atoms with Gasteiger partial charge in [-0.15, -0.1) is 0 Å². The summed E-state index contributed by atoms with van der Waals surface area (Å²) in [5.74, 6) is -1.68. The standard InChI is InChI=1S/C34H35ClF2N8O3/c1-19(2)8-25-23(12-38)32(20-4-5-26-28(9-20)48-18-31(46)44(26)17-30-39-13-21(35)14-40-30)24-15-41-45(33(24)42-25)27-6-7-43(16-29(27)47-3)22-10-34(36,37)11-22/h4-5,9,13-15,19,22,27,29H,6-8,10-11,16-18H2,1-3H3/t27-,29+/m0/s1. The van der Waals surface area contributed by atoms with Gasteiger partial charge in [-0.2, -0.15) is 10.4 Å². The molecule has 4 aromatic rings. The lowest BCUT2D eigenvalue weighted by Crippen LogP contribution is -2.56. The number of amides is 1. The molecular weight excluding hydrogens is 642 g/mol. The fourth-order valence-corrected chi connectivity index (χ4v) is 7.16. The smallest absolute Gasteiger partial charge is 0.265 e. The maximum atomic E-state index is 13.7. The van der Waals surface area contributed by atoms with E-state index in [-0.39, 0.29) is 56.0 Å². The summed E-state index contributed by atoms with van der Waals surface area (Å²) in [6.45, 7) is 5.30. The molecule has 7 rings (SSSR count). The Kier molecular flexibility index (Phi) is 8.51. The fraction of sp³-hybridized carbons (Fsp3) is 0.471. The molecule has 0 spiro atoms. The van der Waals surface area contributed by atoms with Crippen LogP contribution in [0.3, 0.4) is 0 Å². The van der Waals surface area contributed by atoms with E-state index in [2.05, 4.69) is 34.8 Å². The number of carbonyl (C=O) groups excluding carboxylic acids is 1. The summed E-state index contributed by atoms with van der Waals surface area (Å²) in [6, 6.07) is 7.61. The Balaban J connectivity index is 1.27. The van der Waals surface area contributed by atoms with E-state index in [1.54, 1.807) is 24.3 Å². The van der Waals surface area contributed by atoms with Gasteiger partial charge < -0.3 is 9.47 Å². The van der Waals surface area contributed by atoms with Crippen molar-refractivity contribution in [3.63, 3.8) is 0 Å². The van der Waals surface area contributed by atoms with E-state index in [0.29, 0.717) is 76.1 Å². The number of pyridine rings is 1. The Morgan fingerprint density at radius 3 is 2.67 bits per heavy atom. The monoisotopic (exact) mass is 676 g/mol. The molecule has 3 aliphatic rings. The number of aromatic nitrogens is 5. The van der Waals surface area contributed by atoms with E-state index in [1.165, 1.54) is 12.4 Å². The van der Waals surface area contributed by atoms with Gasteiger partial charge in [0.25, 0.3) is 11.8 Å². The van der Waals surface area contributed by atoms with Gasteiger partial charge in [0.1, 0.15) is 17.6 Å². The lowest BCUT2D eigenvalue weighted by Gasteiger charge is -2.47. The molecule has 2 atom stereocenters. The number of likely N-dealkylation sites (tertiary alicyclic amines) is 1. The van der Waals surface area contributed by atoms with Crippen molar-refractivity contribution in [2.24, 2.45) is 5.92 Å². The van der Waals surface area contributed by atoms with Crippen molar-refractivity contribution in [2.45, 2.75) is 70.2 Å². The Hall–Kier alpha value is -4.25. The second-order valence-corrected chi connectivity index (χ2v) is 13.6. The molecule has 1 aromatic carbocycles. The molecular formula is C34H35ClF2N8O3. The summed E-state index contributed by atoms with van der Waals surface area (Å²) in [7, 11) is 1.64. The van der Waals surface area contributed by atoms with Crippen molar-refractivity contribution < 1.29 is 23.0 Å². The molecule has 2 fully saturated rings. The number of nitriles is 1. The van der Waals surface area contributed by atoms with Gasteiger partial charge in [0.05, 0.1) is 46.9 Å². The number of ether oxygens (including phenoxy) is 2. The maximum absolute atomic E-state index is 13.7. The van der Waals surface area contributed by atoms with Crippen LogP contribution in [0.15, 0.2) is 36.8 Å². The number of methoxy groups -OCH3 is 1. The summed E-state index contributed by atoms with van der Waals surface area (Å²) in [6.07, 6.45) is 5.41. The summed E-state index contributed by atoms with van der Waals surface area (Å²) in [4.78, 5) is 30.1. The topological polar surface area (TPSA) is 122 Å². The molecule has 0 radical (unpaired) electrons. The number of hydrogen-bond donors (Lipinski definition) is 0. The highest BCUT2D eigenvalue weighted by molar-refractivity contribution is 6.30. The third kappa shape index (κ3) is 5.97. The van der Waals surface area contributed by atoms with Gasteiger partial charge >= 0.3 is 0 Å². The van der Waals surface area contributed by atoms with Crippen LogP contribution in [0.5, 0.6) is 5.75 Å². The molecule has 5 heterocycles. The molecule has 2 aliphatic heterocycles. The summed E-state index contributed by atoms with van der Waals surface area (Å²) < 4.78 is 41.0. The predicted octanol–water partition coefficient (Wildman–Crippen LogP) is 5.60. The molecule has 0 bridgehead atoms. The van der Waals surface area contributed by atoms with Crippen LogP contribution in [0.1, 0.15) is 56.2 Å². The van der Waals surface area contributed by atoms with Crippen LogP contribution in [0.25, 0.3) is 22.2 Å². The van der Waals surface area contributed by atoms with Gasteiger partial charge in [-0.25, -0.2) is 28.4 Å². The fourth-order valence-electron chi connectivity index (χ4n) is 7.06. The minimum Gasteiger partial charge on any atom is -0.482 e. The molecule has 0 N–H and O–H groups in total. The van der Waals surface area contributed by atoms with Crippen LogP contribution in [0, 0.1) is 17.2 Å². The van der Waals surface area contributed by atoms with Crippen molar-refractivity contribution in [1.29, 1.82) is 5.26 Å². The Morgan fingerprint density at radius 2 is 1.98 bits per heavy atom. The molecule has 48 heavy (non-hydrogen) atoms. The normalized spacial score (nSPS) is 21.2. The first-order chi connectivity index (χ1) is 23.0. The molecule has 14 heteroatoms. The zero-order valence-corrected chi connectivity index (χ0v) is 27.6. The van der Waals surface area contributed by atoms with Gasteiger partial charge in [-0.1, -0.05) is 31.5 Å². The average molecular weight is 677 g/mol. The largest absolute Gasteiger partial charge is 0.482 e. The molecule has 1 saturated heterocycles. The first-order valence-electron chi connectivity index (χ1n) is 16.0. The summed E-state index contributed by atoms with van der Waals surface area (Å²) in [5.41, 5.74) is 3.72. The minimum atomic E-state index is -2.59.